The molecule has 1 aliphatic heterocycles. The third kappa shape index (κ3) is 7.27. The molecule has 1 N–H and O–H groups in total. The van der Waals surface area contributed by atoms with Gasteiger partial charge < -0.3 is 10.2 Å². The predicted octanol–water partition coefficient (Wildman–Crippen LogP) is 6.24. The Hall–Kier alpha value is -2.97. The van der Waals surface area contributed by atoms with Crippen molar-refractivity contribution in [3.05, 3.63) is 58.7 Å². The van der Waals surface area contributed by atoms with Gasteiger partial charge in [-0.3, -0.25) is 14.6 Å². The van der Waals surface area contributed by atoms with Gasteiger partial charge in [0.15, 0.2) is 0 Å². The third-order valence-corrected chi connectivity index (χ3v) is 7.15. The lowest BCUT2D eigenvalue weighted by Crippen LogP contribution is -2.40. The summed E-state index contributed by atoms with van der Waals surface area (Å²) in [5, 5.41) is 2.78. The van der Waals surface area contributed by atoms with E-state index in [2.05, 4.69) is 10.3 Å². The summed E-state index contributed by atoms with van der Waals surface area (Å²) in [6.07, 6.45) is -1.95. The highest BCUT2D eigenvalue weighted by Crippen LogP contribution is 2.33. The molecule has 1 aliphatic rings. The van der Waals surface area contributed by atoms with Gasteiger partial charge in [0.25, 0.3) is 5.91 Å². The number of aryl methyl sites for hydroxylation is 1. The number of halogens is 4. The van der Waals surface area contributed by atoms with E-state index >= 15 is 0 Å². The number of hydrogen-bond acceptors (Lipinski definition) is 3. The van der Waals surface area contributed by atoms with Crippen LogP contribution >= 0.6 is 0 Å². The Labute approximate surface area is 209 Å². The highest BCUT2D eigenvalue weighted by atomic mass is 19.4. The number of carbonyl (C=O) groups is 2. The highest BCUT2D eigenvalue weighted by Gasteiger charge is 2.36. The number of nitrogens with zero attached hydrogens (tertiary/aromatic N) is 2. The molecule has 9 heteroatoms. The number of pyridine rings is 1. The maximum Gasteiger partial charge on any atom is 0.397 e. The minimum atomic E-state index is -4.52. The molecule has 0 radical (unpaired) electrons. The highest BCUT2D eigenvalue weighted by molar-refractivity contribution is 6.04. The van der Waals surface area contributed by atoms with Gasteiger partial charge in [-0.15, -0.1) is 0 Å². The van der Waals surface area contributed by atoms with Gasteiger partial charge in [0, 0.05) is 30.2 Å². The van der Waals surface area contributed by atoms with Gasteiger partial charge in [0.05, 0.1) is 5.56 Å². The summed E-state index contributed by atoms with van der Waals surface area (Å²) in [6, 6.07) is 5.89. The predicted molar refractivity (Wildman–Crippen MR) is 130 cm³/mol. The lowest BCUT2D eigenvalue weighted by molar-refractivity contribution is -0.162. The molecule has 2 amide bonds. The van der Waals surface area contributed by atoms with Gasteiger partial charge in [-0.25, -0.2) is 4.39 Å². The fourth-order valence-electron chi connectivity index (χ4n) is 4.88. The molecule has 1 saturated heterocycles. The van der Waals surface area contributed by atoms with Crippen molar-refractivity contribution < 1.29 is 27.2 Å². The molecule has 5 nitrogen and oxygen atoms in total. The van der Waals surface area contributed by atoms with E-state index in [-0.39, 0.29) is 30.3 Å². The van der Waals surface area contributed by atoms with Gasteiger partial charge in [0.1, 0.15) is 12.2 Å². The first kappa shape index (κ1) is 27.6. The lowest BCUT2D eigenvalue weighted by Gasteiger charge is -2.27. The van der Waals surface area contributed by atoms with E-state index in [0.29, 0.717) is 30.5 Å². The van der Waals surface area contributed by atoms with Crippen LogP contribution in [0.4, 0.5) is 23.2 Å². The smallest absolute Gasteiger partial charge is 0.340 e. The van der Waals surface area contributed by atoms with Crippen LogP contribution in [0.5, 0.6) is 0 Å². The average molecular weight is 508 g/mol. The molecule has 1 fully saturated rings. The summed E-state index contributed by atoms with van der Waals surface area (Å²) < 4.78 is 52.7. The maximum absolute atomic E-state index is 14.5. The molecule has 3 unspecified atom stereocenters. The Bertz CT molecular complexity index is 1090. The minimum Gasteiger partial charge on any atom is -0.340 e. The fourth-order valence-corrected chi connectivity index (χ4v) is 4.88. The monoisotopic (exact) mass is 507 g/mol. The number of aromatic nitrogens is 1. The third-order valence-electron chi connectivity index (χ3n) is 7.15. The van der Waals surface area contributed by atoms with Crippen LogP contribution < -0.4 is 5.32 Å². The van der Waals surface area contributed by atoms with Crippen LogP contribution in [0.1, 0.15) is 66.7 Å². The van der Waals surface area contributed by atoms with Crippen molar-refractivity contribution >= 4 is 17.5 Å². The van der Waals surface area contributed by atoms with Crippen molar-refractivity contribution in [2.45, 2.75) is 72.0 Å². The summed E-state index contributed by atoms with van der Waals surface area (Å²) in [7, 11) is 0. The molecule has 1 aromatic carbocycles. The number of carbonyl (C=O) groups excluding carboxylic acids is 2. The van der Waals surface area contributed by atoms with Crippen LogP contribution in [-0.4, -0.2) is 40.5 Å². The second kappa shape index (κ2) is 11.4. The first-order chi connectivity index (χ1) is 16.8. The maximum atomic E-state index is 14.5. The van der Waals surface area contributed by atoms with Crippen molar-refractivity contribution in [1.82, 2.24) is 9.88 Å². The van der Waals surface area contributed by atoms with Crippen molar-refractivity contribution in [2.24, 2.45) is 11.8 Å². The Balaban J connectivity index is 1.69. The van der Waals surface area contributed by atoms with Crippen LogP contribution in [0, 0.1) is 31.5 Å². The molecule has 0 saturated carbocycles. The number of amides is 2. The van der Waals surface area contributed by atoms with Gasteiger partial charge >= 0.3 is 6.18 Å². The molecular weight excluding hydrogens is 474 g/mol. The van der Waals surface area contributed by atoms with Crippen LogP contribution in [0.25, 0.3) is 0 Å². The summed E-state index contributed by atoms with van der Waals surface area (Å²) in [4.78, 5) is 30.3. The number of nitrogens with one attached hydrogen (secondary N) is 1. The zero-order chi connectivity index (χ0) is 26.6. The number of benzene rings is 1. The van der Waals surface area contributed by atoms with Gasteiger partial charge in [0.2, 0.25) is 5.91 Å². The van der Waals surface area contributed by atoms with Crippen molar-refractivity contribution in [3.8, 4) is 0 Å². The molecular formula is C27H33F4N3O2. The number of anilines is 1. The molecule has 2 heterocycles. The average Bonchev–Trinajstić information content (AvgIpc) is 2.98. The molecule has 36 heavy (non-hydrogen) atoms. The molecule has 196 valence electrons. The van der Waals surface area contributed by atoms with Crippen LogP contribution in [-0.2, 0) is 11.2 Å². The normalized spacial score (nSPS) is 19.5. The molecule has 3 atom stereocenters. The first-order valence-electron chi connectivity index (χ1n) is 12.2. The topological polar surface area (TPSA) is 62.3 Å². The Kier molecular flexibility index (Phi) is 8.74. The largest absolute Gasteiger partial charge is 0.397 e. The number of likely N-dealkylation sites (tertiary alicyclic amines) is 1. The Morgan fingerprint density at radius 1 is 1.17 bits per heavy atom. The quantitative estimate of drug-likeness (QED) is 0.471. The van der Waals surface area contributed by atoms with E-state index in [9.17, 15) is 27.2 Å². The van der Waals surface area contributed by atoms with Gasteiger partial charge in [-0.1, -0.05) is 6.92 Å². The second-order valence-electron chi connectivity index (χ2n) is 9.92. The molecule has 0 spiro atoms. The lowest BCUT2D eigenvalue weighted by atomic mass is 9.82. The minimum absolute atomic E-state index is 0.111. The van der Waals surface area contributed by atoms with Gasteiger partial charge in [-0.2, -0.15) is 13.2 Å². The molecule has 0 bridgehead atoms. The van der Waals surface area contributed by atoms with E-state index < -0.39 is 24.3 Å². The summed E-state index contributed by atoms with van der Waals surface area (Å²) in [5.41, 5.74) is 3.07. The zero-order valence-corrected chi connectivity index (χ0v) is 21.1. The molecule has 2 aromatic rings. The van der Waals surface area contributed by atoms with Crippen LogP contribution in [0.3, 0.4) is 0 Å². The Morgan fingerprint density at radius 3 is 2.53 bits per heavy atom. The first-order valence-corrected chi connectivity index (χ1v) is 12.2. The molecule has 1 aromatic heterocycles. The number of hydrogen-bond donors (Lipinski definition) is 1. The molecule has 0 aliphatic carbocycles. The zero-order valence-electron chi connectivity index (χ0n) is 21.1. The van der Waals surface area contributed by atoms with Crippen molar-refractivity contribution in [3.63, 3.8) is 0 Å². The summed E-state index contributed by atoms with van der Waals surface area (Å²) >= 11 is 0. The van der Waals surface area contributed by atoms with Gasteiger partial charge in [-0.05, 0) is 93.7 Å². The van der Waals surface area contributed by atoms with Crippen molar-refractivity contribution in [1.29, 1.82) is 0 Å². The van der Waals surface area contributed by atoms with E-state index in [4.69, 9.17) is 0 Å². The van der Waals surface area contributed by atoms with E-state index in [1.807, 2.05) is 20.8 Å². The molecule has 3 rings (SSSR count). The number of alkyl halides is 3. The van der Waals surface area contributed by atoms with E-state index in [0.717, 1.165) is 23.2 Å². The SMILES string of the molecule is Cc1ccc(C(=O)Nc2cc(F)cc(CC(C)C3CCC(C)N(C(=O)CC(F)(F)F)CC3)c2C)cn1. The fraction of sp³-hybridized carbons (Fsp3) is 0.519. The standard InChI is InChI=1S/C27H33F4N3O2/c1-16(20-8-6-18(3)34(10-9-20)25(35)14-27(29,30)31)11-22-12-23(28)13-24(19(22)4)33-26(36)21-7-5-17(2)32-15-21/h5,7,12-13,15-16,18,20H,6,8-11,14H2,1-4H3,(H,33,36). The van der Waals surface area contributed by atoms with E-state index in [1.165, 1.54) is 23.2 Å². The van der Waals surface area contributed by atoms with Crippen LogP contribution in [0.15, 0.2) is 30.5 Å². The second-order valence-corrected chi connectivity index (χ2v) is 9.92. The van der Waals surface area contributed by atoms with Crippen LogP contribution in [0.2, 0.25) is 0 Å². The summed E-state index contributed by atoms with van der Waals surface area (Å²) in [6.45, 7) is 7.76. The summed E-state index contributed by atoms with van der Waals surface area (Å²) in [5.74, 6) is -1.43. The Morgan fingerprint density at radius 2 is 1.89 bits per heavy atom. The van der Waals surface area contributed by atoms with E-state index in [1.54, 1.807) is 19.1 Å². The number of rotatable bonds is 6. The van der Waals surface area contributed by atoms with Crippen molar-refractivity contribution in [2.75, 3.05) is 11.9 Å².